The topological polar surface area (TPSA) is 44.6 Å². The summed E-state index contributed by atoms with van der Waals surface area (Å²) in [4.78, 5) is 4.55. The van der Waals surface area contributed by atoms with E-state index >= 15 is 0 Å². The van der Waals surface area contributed by atoms with Crippen LogP contribution < -0.4 is 5.32 Å². The van der Waals surface area contributed by atoms with Crippen LogP contribution in [0.3, 0.4) is 0 Å². The van der Waals surface area contributed by atoms with Gasteiger partial charge in [-0.2, -0.15) is 0 Å². The average Bonchev–Trinajstić information content (AvgIpc) is 2.45. The standard InChI is InChI=1S/C12H24N2O/c1-10(2)11(7-9-15)14-12-6-4-3-5-8-13-12/h10-11,15H,3-9H2,1-2H3,(H,13,14). The summed E-state index contributed by atoms with van der Waals surface area (Å²) < 4.78 is 0. The molecule has 1 unspecified atom stereocenters. The maximum absolute atomic E-state index is 8.99. The molecule has 0 saturated carbocycles. The minimum atomic E-state index is 0.253. The molecule has 3 nitrogen and oxygen atoms in total. The van der Waals surface area contributed by atoms with Crippen molar-refractivity contribution in [2.24, 2.45) is 10.9 Å². The second kappa shape index (κ2) is 6.83. The molecule has 1 atom stereocenters. The third kappa shape index (κ3) is 4.65. The lowest BCUT2D eigenvalue weighted by atomic mass is 10.0. The Kier molecular flexibility index (Phi) is 5.69. The normalized spacial score (nSPS) is 19.6. The first kappa shape index (κ1) is 12.5. The van der Waals surface area contributed by atoms with Gasteiger partial charge in [0.15, 0.2) is 0 Å². The van der Waals surface area contributed by atoms with Crippen LogP contribution in [0.2, 0.25) is 0 Å². The zero-order chi connectivity index (χ0) is 11.1. The number of aliphatic imine (C=N–C) groups is 1. The van der Waals surface area contributed by atoms with Gasteiger partial charge < -0.3 is 10.4 Å². The molecule has 0 bridgehead atoms. The molecule has 0 aromatic carbocycles. The third-order valence-electron chi connectivity index (χ3n) is 2.97. The summed E-state index contributed by atoms with van der Waals surface area (Å²) in [5, 5.41) is 12.5. The van der Waals surface area contributed by atoms with Crippen LogP contribution in [0.4, 0.5) is 0 Å². The molecular weight excluding hydrogens is 188 g/mol. The molecule has 0 aromatic heterocycles. The molecule has 2 N–H and O–H groups in total. The molecule has 1 aliphatic heterocycles. The first-order valence-electron chi connectivity index (χ1n) is 6.14. The first-order valence-corrected chi connectivity index (χ1v) is 6.14. The van der Waals surface area contributed by atoms with Gasteiger partial charge in [0.25, 0.3) is 0 Å². The maximum atomic E-state index is 8.99. The Bertz CT molecular complexity index is 202. The number of aliphatic hydroxyl groups excluding tert-OH is 1. The van der Waals surface area contributed by atoms with Gasteiger partial charge in [0.1, 0.15) is 0 Å². The fraction of sp³-hybridized carbons (Fsp3) is 0.917. The Morgan fingerprint density at radius 2 is 2.13 bits per heavy atom. The van der Waals surface area contributed by atoms with E-state index < -0.39 is 0 Å². The summed E-state index contributed by atoms with van der Waals surface area (Å²) in [6.45, 7) is 5.59. The zero-order valence-corrected chi connectivity index (χ0v) is 10.00. The van der Waals surface area contributed by atoms with Gasteiger partial charge in [-0.05, 0) is 25.2 Å². The zero-order valence-electron chi connectivity index (χ0n) is 10.00. The van der Waals surface area contributed by atoms with E-state index in [1.54, 1.807) is 0 Å². The predicted molar refractivity (Wildman–Crippen MR) is 64.2 cm³/mol. The van der Waals surface area contributed by atoms with Crippen LogP contribution in [0.15, 0.2) is 4.99 Å². The number of nitrogens with one attached hydrogen (secondary N) is 1. The van der Waals surface area contributed by atoms with E-state index in [-0.39, 0.29) is 6.61 Å². The van der Waals surface area contributed by atoms with Crippen LogP contribution in [-0.2, 0) is 0 Å². The van der Waals surface area contributed by atoms with Gasteiger partial charge in [0.05, 0.1) is 5.84 Å². The minimum Gasteiger partial charge on any atom is -0.396 e. The number of hydrogen-bond donors (Lipinski definition) is 2. The second-order valence-electron chi connectivity index (χ2n) is 4.65. The Morgan fingerprint density at radius 3 is 2.80 bits per heavy atom. The van der Waals surface area contributed by atoms with Crippen molar-refractivity contribution in [1.82, 2.24) is 5.32 Å². The van der Waals surface area contributed by atoms with Crippen LogP contribution in [0.1, 0.15) is 46.0 Å². The van der Waals surface area contributed by atoms with E-state index in [0.29, 0.717) is 12.0 Å². The highest BCUT2D eigenvalue weighted by atomic mass is 16.3. The number of hydrogen-bond acceptors (Lipinski definition) is 3. The van der Waals surface area contributed by atoms with Gasteiger partial charge >= 0.3 is 0 Å². The molecule has 0 saturated heterocycles. The van der Waals surface area contributed by atoms with Crippen molar-refractivity contribution in [3.8, 4) is 0 Å². The molecule has 0 radical (unpaired) electrons. The maximum Gasteiger partial charge on any atom is 0.0965 e. The van der Waals surface area contributed by atoms with Crippen molar-refractivity contribution in [3.63, 3.8) is 0 Å². The molecule has 88 valence electrons. The van der Waals surface area contributed by atoms with Gasteiger partial charge in [-0.25, -0.2) is 0 Å². The lowest BCUT2D eigenvalue weighted by Gasteiger charge is -2.23. The Labute approximate surface area is 93.0 Å². The summed E-state index contributed by atoms with van der Waals surface area (Å²) in [6.07, 6.45) is 5.65. The number of rotatable bonds is 4. The highest BCUT2D eigenvalue weighted by Gasteiger charge is 2.14. The first-order chi connectivity index (χ1) is 7.24. The van der Waals surface area contributed by atoms with Crippen molar-refractivity contribution in [2.75, 3.05) is 13.2 Å². The summed E-state index contributed by atoms with van der Waals surface area (Å²) >= 11 is 0. The molecule has 1 rings (SSSR count). The van der Waals surface area contributed by atoms with Crippen LogP contribution in [0, 0.1) is 5.92 Å². The SMILES string of the molecule is CC(C)C(CCO)NC1=NCCCCC1. The van der Waals surface area contributed by atoms with Crippen molar-refractivity contribution < 1.29 is 5.11 Å². The summed E-state index contributed by atoms with van der Waals surface area (Å²) in [5.74, 6) is 1.70. The summed E-state index contributed by atoms with van der Waals surface area (Å²) in [5.41, 5.74) is 0. The monoisotopic (exact) mass is 212 g/mol. The van der Waals surface area contributed by atoms with Crippen LogP contribution >= 0.6 is 0 Å². The molecule has 1 heterocycles. The Hall–Kier alpha value is -0.570. The average molecular weight is 212 g/mol. The molecule has 3 heteroatoms. The van der Waals surface area contributed by atoms with Crippen molar-refractivity contribution >= 4 is 5.84 Å². The summed E-state index contributed by atoms with van der Waals surface area (Å²) in [6, 6.07) is 0.367. The minimum absolute atomic E-state index is 0.253. The van der Waals surface area contributed by atoms with E-state index in [4.69, 9.17) is 5.11 Å². The summed E-state index contributed by atoms with van der Waals surface area (Å²) in [7, 11) is 0. The molecule has 0 spiro atoms. The van der Waals surface area contributed by atoms with Gasteiger partial charge in [0, 0.05) is 25.6 Å². The molecule has 0 aromatic rings. The van der Waals surface area contributed by atoms with Crippen LogP contribution in [0.5, 0.6) is 0 Å². The number of aliphatic hydroxyl groups is 1. The molecule has 0 aliphatic carbocycles. The fourth-order valence-corrected chi connectivity index (χ4v) is 1.92. The number of nitrogens with zero attached hydrogens (tertiary/aromatic N) is 1. The lowest BCUT2D eigenvalue weighted by Crippen LogP contribution is -2.39. The molecule has 0 amide bonds. The van der Waals surface area contributed by atoms with E-state index in [1.807, 2.05) is 0 Å². The van der Waals surface area contributed by atoms with Crippen molar-refractivity contribution in [2.45, 2.75) is 52.0 Å². The molecule has 1 aliphatic rings. The lowest BCUT2D eigenvalue weighted by molar-refractivity contribution is 0.254. The molecule has 0 fully saturated rings. The van der Waals surface area contributed by atoms with Gasteiger partial charge in [-0.1, -0.05) is 20.3 Å². The van der Waals surface area contributed by atoms with E-state index in [9.17, 15) is 0 Å². The van der Waals surface area contributed by atoms with E-state index in [1.165, 1.54) is 19.3 Å². The predicted octanol–water partition coefficient (Wildman–Crippen LogP) is 1.96. The van der Waals surface area contributed by atoms with Gasteiger partial charge in [-0.3, -0.25) is 4.99 Å². The highest BCUT2D eigenvalue weighted by Crippen LogP contribution is 2.10. The highest BCUT2D eigenvalue weighted by molar-refractivity contribution is 5.82. The fourth-order valence-electron chi connectivity index (χ4n) is 1.92. The smallest absolute Gasteiger partial charge is 0.0965 e. The second-order valence-corrected chi connectivity index (χ2v) is 4.65. The largest absolute Gasteiger partial charge is 0.396 e. The van der Waals surface area contributed by atoms with E-state index in [2.05, 4.69) is 24.2 Å². The van der Waals surface area contributed by atoms with Gasteiger partial charge in [0.2, 0.25) is 0 Å². The Balaban J connectivity index is 2.44. The molecule has 15 heavy (non-hydrogen) atoms. The van der Waals surface area contributed by atoms with Crippen LogP contribution in [-0.4, -0.2) is 30.1 Å². The third-order valence-corrected chi connectivity index (χ3v) is 2.97. The number of amidine groups is 1. The quantitative estimate of drug-likeness (QED) is 0.748. The van der Waals surface area contributed by atoms with E-state index in [0.717, 1.165) is 25.2 Å². The van der Waals surface area contributed by atoms with Crippen molar-refractivity contribution in [3.05, 3.63) is 0 Å². The van der Waals surface area contributed by atoms with Gasteiger partial charge in [-0.15, -0.1) is 0 Å². The van der Waals surface area contributed by atoms with Crippen molar-refractivity contribution in [1.29, 1.82) is 0 Å². The van der Waals surface area contributed by atoms with Crippen LogP contribution in [0.25, 0.3) is 0 Å². The Morgan fingerprint density at radius 1 is 1.33 bits per heavy atom. The molecular formula is C12H24N2O.